The number of carbonyl (C=O) groups is 1. The number of hydrogen-bond donors (Lipinski definition) is 1. The van der Waals surface area contributed by atoms with Crippen LogP contribution in [0.4, 0.5) is 22.0 Å². The fourth-order valence-corrected chi connectivity index (χ4v) is 3.03. The van der Waals surface area contributed by atoms with Gasteiger partial charge in [0.05, 0.1) is 6.20 Å². The zero-order valence-corrected chi connectivity index (χ0v) is 15.2. The Balaban J connectivity index is 2.00. The molecule has 0 saturated carbocycles. The first-order chi connectivity index (χ1) is 13.5. The minimum absolute atomic E-state index is 0.118. The first kappa shape index (κ1) is 20.8. The van der Waals surface area contributed by atoms with Crippen molar-refractivity contribution >= 4 is 11.6 Å². The molecule has 1 aliphatic rings. The number of alkyl halides is 2. The second-order valence-corrected chi connectivity index (χ2v) is 6.77. The molecule has 0 amide bonds. The average Bonchev–Trinajstić information content (AvgIpc) is 2.72. The molecule has 0 aliphatic carbocycles. The van der Waals surface area contributed by atoms with Crippen LogP contribution in [0.1, 0.15) is 28.5 Å². The van der Waals surface area contributed by atoms with Crippen LogP contribution >= 0.6 is 0 Å². The summed E-state index contributed by atoms with van der Waals surface area (Å²) in [4.78, 5) is 19.5. The van der Waals surface area contributed by atoms with E-state index in [1.165, 1.54) is 6.07 Å². The van der Waals surface area contributed by atoms with Gasteiger partial charge in [0, 0.05) is 18.1 Å². The molecule has 1 atom stereocenters. The largest absolute Gasteiger partial charge is 0.385 e. The number of hydrogen-bond acceptors (Lipinski definition) is 5. The van der Waals surface area contributed by atoms with Crippen LogP contribution in [0, 0.1) is 17.5 Å². The molecule has 29 heavy (non-hydrogen) atoms. The molecule has 5 nitrogen and oxygen atoms in total. The van der Waals surface area contributed by atoms with Gasteiger partial charge in [0.1, 0.15) is 36.4 Å². The Morgan fingerprint density at radius 1 is 1.21 bits per heavy atom. The Hall–Kier alpha value is -2.88. The maximum atomic E-state index is 14.7. The smallest absolute Gasteiger partial charge is 0.299 e. The van der Waals surface area contributed by atoms with E-state index in [-0.39, 0.29) is 18.0 Å². The number of ketones is 1. The van der Waals surface area contributed by atoms with Crippen LogP contribution in [0.2, 0.25) is 0 Å². The third kappa shape index (κ3) is 3.98. The van der Waals surface area contributed by atoms with E-state index in [2.05, 4.69) is 9.98 Å². The zero-order chi connectivity index (χ0) is 21.4. The van der Waals surface area contributed by atoms with E-state index in [1.54, 1.807) is 0 Å². The van der Waals surface area contributed by atoms with Crippen LogP contribution in [-0.2, 0) is 16.7 Å². The SMILES string of the molecule is C[C@]1(c2cc(CC(=O)c3ncc(F)cc3F)ccc2F)N=C(N)COCC1(F)F. The predicted octanol–water partition coefficient (Wildman–Crippen LogP) is 3.16. The molecule has 2 N–H and O–H groups in total. The first-order valence-electron chi connectivity index (χ1n) is 8.46. The van der Waals surface area contributed by atoms with Crippen molar-refractivity contribution in [3.63, 3.8) is 0 Å². The molecule has 1 aromatic carbocycles. The van der Waals surface area contributed by atoms with E-state index in [9.17, 15) is 26.7 Å². The molecule has 0 spiro atoms. The molecule has 0 radical (unpaired) electrons. The lowest BCUT2D eigenvalue weighted by Gasteiger charge is -2.33. The lowest BCUT2D eigenvalue weighted by molar-refractivity contribution is -0.116. The third-order valence-corrected chi connectivity index (χ3v) is 4.60. The van der Waals surface area contributed by atoms with Crippen LogP contribution in [0.15, 0.2) is 35.5 Å². The van der Waals surface area contributed by atoms with E-state index in [0.717, 1.165) is 19.1 Å². The molecule has 10 heteroatoms. The quantitative estimate of drug-likeness (QED) is 0.617. The summed E-state index contributed by atoms with van der Waals surface area (Å²) in [5.74, 6) is -7.75. The van der Waals surface area contributed by atoms with Gasteiger partial charge in [-0.3, -0.25) is 9.79 Å². The minimum Gasteiger partial charge on any atom is -0.385 e. The Kier molecular flexibility index (Phi) is 5.40. The van der Waals surface area contributed by atoms with E-state index in [1.807, 2.05) is 0 Å². The van der Waals surface area contributed by atoms with Gasteiger partial charge < -0.3 is 10.5 Å². The number of rotatable bonds is 4. The number of ether oxygens (including phenoxy) is 1. The molecule has 1 aromatic heterocycles. The number of nitrogens with two attached hydrogens (primary N) is 1. The number of benzene rings is 1. The van der Waals surface area contributed by atoms with Crippen molar-refractivity contribution in [2.75, 3.05) is 13.2 Å². The maximum Gasteiger partial charge on any atom is 0.299 e. The molecule has 3 rings (SSSR count). The van der Waals surface area contributed by atoms with E-state index in [0.29, 0.717) is 12.3 Å². The van der Waals surface area contributed by atoms with E-state index >= 15 is 0 Å². The lowest BCUT2D eigenvalue weighted by atomic mass is 9.84. The Labute approximate surface area is 162 Å². The molecule has 0 unspecified atom stereocenters. The first-order valence-corrected chi connectivity index (χ1v) is 8.46. The van der Waals surface area contributed by atoms with Gasteiger partial charge in [-0.15, -0.1) is 0 Å². The lowest BCUT2D eigenvalue weighted by Crippen LogP contribution is -2.45. The highest BCUT2D eigenvalue weighted by atomic mass is 19.3. The normalized spacial score (nSPS) is 21.4. The number of halogens is 5. The van der Waals surface area contributed by atoms with Crippen LogP contribution in [0.5, 0.6) is 0 Å². The van der Waals surface area contributed by atoms with Crippen LogP contribution in [0.3, 0.4) is 0 Å². The predicted molar refractivity (Wildman–Crippen MR) is 93.3 cm³/mol. The van der Waals surface area contributed by atoms with Crippen LogP contribution < -0.4 is 5.73 Å². The van der Waals surface area contributed by atoms with Gasteiger partial charge in [0.15, 0.2) is 17.1 Å². The molecule has 0 bridgehead atoms. The number of pyridine rings is 1. The third-order valence-electron chi connectivity index (χ3n) is 4.60. The van der Waals surface area contributed by atoms with Crippen molar-refractivity contribution in [2.45, 2.75) is 24.8 Å². The number of aliphatic imine (C=N–C) groups is 1. The molecule has 2 aromatic rings. The Morgan fingerprint density at radius 2 is 1.93 bits per heavy atom. The maximum absolute atomic E-state index is 14.7. The number of amidine groups is 1. The van der Waals surface area contributed by atoms with Gasteiger partial charge >= 0.3 is 0 Å². The summed E-state index contributed by atoms with van der Waals surface area (Å²) in [7, 11) is 0. The van der Waals surface area contributed by atoms with Gasteiger partial charge in [0.25, 0.3) is 5.92 Å². The molecule has 1 aliphatic heterocycles. The van der Waals surface area contributed by atoms with E-state index in [4.69, 9.17) is 10.5 Å². The van der Waals surface area contributed by atoms with Gasteiger partial charge in [-0.05, 0) is 24.6 Å². The van der Waals surface area contributed by atoms with Crippen molar-refractivity contribution in [2.24, 2.45) is 10.7 Å². The number of carbonyl (C=O) groups excluding carboxylic acids is 1. The molecule has 0 fully saturated rings. The summed E-state index contributed by atoms with van der Waals surface area (Å²) in [5.41, 5.74) is 2.21. The molecule has 154 valence electrons. The molecular weight excluding hydrogens is 397 g/mol. The highest BCUT2D eigenvalue weighted by Crippen LogP contribution is 2.43. The summed E-state index contributed by atoms with van der Waals surface area (Å²) in [6.45, 7) is -0.346. The Morgan fingerprint density at radius 3 is 2.62 bits per heavy atom. The second kappa shape index (κ2) is 7.51. The molecule has 0 saturated heterocycles. The Bertz CT molecular complexity index is 996. The fraction of sp³-hybridized carbons (Fsp3) is 0.316. The molecular formula is C19H16F5N3O2. The monoisotopic (exact) mass is 413 g/mol. The van der Waals surface area contributed by atoms with E-state index < -0.39 is 59.0 Å². The van der Waals surface area contributed by atoms with Crippen LogP contribution in [0.25, 0.3) is 0 Å². The summed E-state index contributed by atoms with van der Waals surface area (Å²) in [6.07, 6.45) is 0.206. The summed E-state index contributed by atoms with van der Waals surface area (Å²) >= 11 is 0. The van der Waals surface area contributed by atoms with Gasteiger partial charge in [-0.1, -0.05) is 6.07 Å². The topological polar surface area (TPSA) is 77.6 Å². The fourth-order valence-electron chi connectivity index (χ4n) is 3.03. The van der Waals surface area contributed by atoms with Crippen molar-refractivity contribution < 1.29 is 31.5 Å². The van der Waals surface area contributed by atoms with Crippen molar-refractivity contribution in [1.82, 2.24) is 4.98 Å². The second-order valence-electron chi connectivity index (χ2n) is 6.77. The summed E-state index contributed by atoms with van der Waals surface area (Å²) in [6, 6.07) is 3.65. The average molecular weight is 413 g/mol. The molecule has 2 heterocycles. The number of aromatic nitrogens is 1. The highest BCUT2D eigenvalue weighted by Gasteiger charge is 2.54. The summed E-state index contributed by atoms with van der Waals surface area (Å²) < 4.78 is 75.4. The summed E-state index contributed by atoms with van der Waals surface area (Å²) in [5, 5.41) is 0. The highest BCUT2D eigenvalue weighted by molar-refractivity contribution is 5.96. The zero-order valence-electron chi connectivity index (χ0n) is 15.2. The van der Waals surface area contributed by atoms with Gasteiger partial charge in [-0.25, -0.2) is 26.9 Å². The van der Waals surface area contributed by atoms with Crippen molar-refractivity contribution in [3.8, 4) is 0 Å². The minimum atomic E-state index is -3.60. The van der Waals surface area contributed by atoms with Gasteiger partial charge in [0.2, 0.25) is 0 Å². The van der Waals surface area contributed by atoms with Crippen molar-refractivity contribution in [3.05, 3.63) is 64.7 Å². The van der Waals surface area contributed by atoms with Gasteiger partial charge in [-0.2, -0.15) is 0 Å². The standard InChI is InChI=1S/C19H16F5N3O2/c1-18(19(23,24)9-29-8-16(25)27-18)12-4-10(2-3-13(12)21)5-15(28)17-14(22)6-11(20)7-26-17/h2-4,6-7H,5,8-9H2,1H3,(H2,25,27)/t18-/m1/s1. The number of Topliss-reactive ketones (excluding diaryl/α,β-unsaturated/α-hetero) is 1. The number of nitrogens with zero attached hydrogens (tertiary/aromatic N) is 2. The van der Waals surface area contributed by atoms with Crippen LogP contribution in [-0.4, -0.2) is 35.7 Å². The van der Waals surface area contributed by atoms with Crippen molar-refractivity contribution in [1.29, 1.82) is 0 Å².